The molecule has 0 aliphatic heterocycles. The number of ether oxygens (including phenoxy) is 2. The Kier molecular flexibility index (Phi) is 6.28. The van der Waals surface area contributed by atoms with Crippen LogP contribution in [-0.4, -0.2) is 27.9 Å². The van der Waals surface area contributed by atoms with Gasteiger partial charge in [-0.25, -0.2) is 0 Å². The van der Waals surface area contributed by atoms with Crippen molar-refractivity contribution in [3.05, 3.63) is 99.9 Å². The Morgan fingerprint density at radius 1 is 1.00 bits per heavy atom. The molecule has 9 heteroatoms. The van der Waals surface area contributed by atoms with Crippen molar-refractivity contribution < 1.29 is 19.4 Å². The maximum atomic E-state index is 13.0. The monoisotopic (exact) mass is 463 g/mol. The number of rotatable bonds is 6. The summed E-state index contributed by atoms with van der Waals surface area (Å²) in [7, 11) is 1.45. The third kappa shape index (κ3) is 4.81. The number of hydrogen-bond donors (Lipinski definition) is 2. The van der Waals surface area contributed by atoms with Crippen LogP contribution in [0, 0.1) is 0 Å². The summed E-state index contributed by atoms with van der Waals surface area (Å²) in [6.45, 7) is 0. The van der Waals surface area contributed by atoms with E-state index in [0.29, 0.717) is 28.0 Å². The number of nitrogens with one attached hydrogen (secondary N) is 1. The standard InChI is InChI=1S/C24H18ClN3O5/c1-32-21-10-6-5-9-18(21)28-22(30)14-19(29)23(27-28)24(31)26-17-13-15(25)11-12-20(17)33-16-7-3-2-4-8-16/h2-14,29H,1H3,(H,26,31). The van der Waals surface area contributed by atoms with Crippen molar-refractivity contribution in [1.29, 1.82) is 0 Å². The van der Waals surface area contributed by atoms with E-state index in [1.807, 2.05) is 18.2 Å². The summed E-state index contributed by atoms with van der Waals surface area (Å²) in [5, 5.41) is 17.3. The number of methoxy groups -OCH3 is 1. The second kappa shape index (κ2) is 9.46. The Balaban J connectivity index is 1.70. The molecule has 0 fully saturated rings. The molecule has 0 aliphatic carbocycles. The number of carbonyl (C=O) groups is 1. The number of amides is 1. The van der Waals surface area contributed by atoms with Crippen LogP contribution in [-0.2, 0) is 0 Å². The van der Waals surface area contributed by atoms with Gasteiger partial charge < -0.3 is 19.9 Å². The molecule has 1 heterocycles. The van der Waals surface area contributed by atoms with Crippen molar-refractivity contribution in [2.45, 2.75) is 0 Å². The number of benzene rings is 3. The van der Waals surface area contributed by atoms with Crippen LogP contribution < -0.4 is 20.3 Å². The lowest BCUT2D eigenvalue weighted by molar-refractivity contribution is 0.101. The molecule has 3 aromatic carbocycles. The molecule has 8 nitrogen and oxygen atoms in total. The van der Waals surface area contributed by atoms with Crippen LogP contribution in [0.25, 0.3) is 5.69 Å². The van der Waals surface area contributed by atoms with Gasteiger partial charge in [0.15, 0.2) is 17.2 Å². The Morgan fingerprint density at radius 2 is 1.73 bits per heavy atom. The average Bonchev–Trinajstić information content (AvgIpc) is 2.81. The molecule has 2 N–H and O–H groups in total. The van der Waals surface area contributed by atoms with Crippen LogP contribution >= 0.6 is 11.6 Å². The van der Waals surface area contributed by atoms with E-state index in [0.717, 1.165) is 10.7 Å². The van der Waals surface area contributed by atoms with E-state index in [1.54, 1.807) is 48.5 Å². The smallest absolute Gasteiger partial charge is 0.280 e. The summed E-state index contributed by atoms with van der Waals surface area (Å²) in [4.78, 5) is 25.5. The highest BCUT2D eigenvalue weighted by Gasteiger charge is 2.20. The zero-order chi connectivity index (χ0) is 23.4. The van der Waals surface area contributed by atoms with E-state index in [4.69, 9.17) is 21.1 Å². The van der Waals surface area contributed by atoms with Crippen molar-refractivity contribution in [2.75, 3.05) is 12.4 Å². The molecule has 1 aromatic heterocycles. The molecule has 166 valence electrons. The van der Waals surface area contributed by atoms with E-state index in [2.05, 4.69) is 10.4 Å². The highest BCUT2D eigenvalue weighted by Crippen LogP contribution is 2.32. The third-order valence-corrected chi connectivity index (χ3v) is 4.84. The van der Waals surface area contributed by atoms with E-state index in [-0.39, 0.29) is 11.4 Å². The zero-order valence-electron chi connectivity index (χ0n) is 17.4. The minimum Gasteiger partial charge on any atom is -0.505 e. The van der Waals surface area contributed by atoms with E-state index in [1.165, 1.54) is 13.2 Å². The first kappa shape index (κ1) is 21.9. The molecule has 33 heavy (non-hydrogen) atoms. The zero-order valence-corrected chi connectivity index (χ0v) is 18.1. The second-order valence-corrected chi connectivity index (χ2v) is 7.25. The van der Waals surface area contributed by atoms with Gasteiger partial charge in [-0.2, -0.15) is 9.78 Å². The van der Waals surface area contributed by atoms with Gasteiger partial charge in [0.05, 0.1) is 12.8 Å². The summed E-state index contributed by atoms with van der Waals surface area (Å²) in [6, 6.07) is 21.3. The van der Waals surface area contributed by atoms with Gasteiger partial charge in [0.1, 0.15) is 17.2 Å². The predicted molar refractivity (Wildman–Crippen MR) is 124 cm³/mol. The first-order valence-electron chi connectivity index (χ1n) is 9.77. The van der Waals surface area contributed by atoms with Crippen molar-refractivity contribution in [3.8, 4) is 28.7 Å². The normalized spacial score (nSPS) is 10.5. The Bertz CT molecular complexity index is 1370. The van der Waals surface area contributed by atoms with E-state index in [9.17, 15) is 14.7 Å². The molecule has 0 aliphatic rings. The van der Waals surface area contributed by atoms with Gasteiger partial charge in [0, 0.05) is 11.1 Å². The lowest BCUT2D eigenvalue weighted by atomic mass is 10.2. The van der Waals surface area contributed by atoms with E-state index < -0.39 is 17.2 Å². The van der Waals surface area contributed by atoms with Crippen molar-refractivity contribution in [1.82, 2.24) is 9.78 Å². The molecule has 0 spiro atoms. The van der Waals surface area contributed by atoms with Gasteiger partial charge in [-0.15, -0.1) is 0 Å². The van der Waals surface area contributed by atoms with Crippen LogP contribution in [0.3, 0.4) is 0 Å². The minimum atomic E-state index is -0.767. The number of halogens is 1. The van der Waals surface area contributed by atoms with Crippen LogP contribution in [0.4, 0.5) is 5.69 Å². The highest BCUT2D eigenvalue weighted by atomic mass is 35.5. The first-order chi connectivity index (χ1) is 16.0. The summed E-state index contributed by atoms with van der Waals surface area (Å²) < 4.78 is 12.1. The number of nitrogens with zero attached hydrogens (tertiary/aromatic N) is 2. The summed E-state index contributed by atoms with van der Waals surface area (Å²) in [5.41, 5.74) is -0.432. The number of aromatic nitrogens is 2. The van der Waals surface area contributed by atoms with Gasteiger partial charge in [0.25, 0.3) is 11.5 Å². The van der Waals surface area contributed by atoms with Crippen LogP contribution in [0.2, 0.25) is 5.02 Å². The lowest BCUT2D eigenvalue weighted by Gasteiger charge is -2.14. The Labute approximate surface area is 193 Å². The average molecular weight is 464 g/mol. The lowest BCUT2D eigenvalue weighted by Crippen LogP contribution is -2.25. The maximum Gasteiger partial charge on any atom is 0.280 e. The topological polar surface area (TPSA) is 103 Å². The van der Waals surface area contributed by atoms with E-state index >= 15 is 0 Å². The number of hydrogen-bond acceptors (Lipinski definition) is 6. The Morgan fingerprint density at radius 3 is 2.48 bits per heavy atom. The molecule has 0 saturated heterocycles. The Hall–Kier alpha value is -4.30. The highest BCUT2D eigenvalue weighted by molar-refractivity contribution is 6.31. The molecule has 0 atom stereocenters. The minimum absolute atomic E-state index is 0.257. The molecular formula is C24H18ClN3O5. The van der Waals surface area contributed by atoms with Crippen molar-refractivity contribution >= 4 is 23.2 Å². The molecule has 1 amide bonds. The van der Waals surface area contributed by atoms with Gasteiger partial charge >= 0.3 is 0 Å². The molecule has 0 saturated carbocycles. The van der Waals surface area contributed by atoms with Gasteiger partial charge in [-0.3, -0.25) is 9.59 Å². The summed E-state index contributed by atoms with van der Waals surface area (Å²) >= 11 is 6.11. The quantitative estimate of drug-likeness (QED) is 0.431. The number of anilines is 1. The fraction of sp³-hybridized carbons (Fsp3) is 0.0417. The molecule has 0 bridgehead atoms. The summed E-state index contributed by atoms with van der Waals surface area (Å²) in [6.07, 6.45) is 0. The molecule has 0 radical (unpaired) electrons. The third-order valence-electron chi connectivity index (χ3n) is 4.60. The predicted octanol–water partition coefficient (Wildman–Crippen LogP) is 4.64. The summed E-state index contributed by atoms with van der Waals surface area (Å²) in [5.74, 6) is -0.0810. The van der Waals surface area contributed by atoms with Gasteiger partial charge in [-0.1, -0.05) is 41.9 Å². The number of aromatic hydroxyl groups is 1. The van der Waals surface area contributed by atoms with Gasteiger partial charge in [0.2, 0.25) is 0 Å². The largest absolute Gasteiger partial charge is 0.505 e. The van der Waals surface area contributed by atoms with Crippen LogP contribution in [0.1, 0.15) is 10.5 Å². The second-order valence-electron chi connectivity index (χ2n) is 6.81. The first-order valence-corrected chi connectivity index (χ1v) is 10.1. The molecule has 4 rings (SSSR count). The fourth-order valence-electron chi connectivity index (χ4n) is 3.07. The molecule has 4 aromatic rings. The SMILES string of the molecule is COc1ccccc1-n1nc(C(=O)Nc2cc(Cl)ccc2Oc2ccccc2)c(O)cc1=O. The number of para-hydroxylation sites is 3. The van der Waals surface area contributed by atoms with Gasteiger partial charge in [-0.05, 0) is 42.5 Å². The maximum absolute atomic E-state index is 13.0. The fourth-order valence-corrected chi connectivity index (χ4v) is 3.24. The van der Waals surface area contributed by atoms with Crippen LogP contribution in [0.5, 0.6) is 23.0 Å². The van der Waals surface area contributed by atoms with Crippen LogP contribution in [0.15, 0.2) is 83.7 Å². The van der Waals surface area contributed by atoms with Crippen molar-refractivity contribution in [2.24, 2.45) is 0 Å². The molecule has 0 unspecified atom stereocenters. The van der Waals surface area contributed by atoms with Crippen molar-refractivity contribution in [3.63, 3.8) is 0 Å². The molecular weight excluding hydrogens is 446 g/mol. The number of carbonyl (C=O) groups excluding carboxylic acids is 1.